The number of likely N-dealkylation sites (tertiary alicyclic amines) is 1. The molecule has 1 unspecified atom stereocenters. The van der Waals surface area contributed by atoms with Gasteiger partial charge in [-0.05, 0) is 38.8 Å². The Morgan fingerprint density at radius 3 is 3.05 bits per heavy atom. The van der Waals surface area contributed by atoms with E-state index >= 15 is 0 Å². The minimum Gasteiger partial charge on any atom is -0.383 e. The Kier molecular flexibility index (Phi) is 8.79. The van der Waals surface area contributed by atoms with Crippen LogP contribution in [-0.2, 0) is 9.53 Å². The van der Waals surface area contributed by atoms with Crippen molar-refractivity contribution in [2.45, 2.75) is 26.2 Å². The molecule has 112 valence electrons. The maximum absolute atomic E-state index is 11.4. The van der Waals surface area contributed by atoms with Gasteiger partial charge >= 0.3 is 0 Å². The quantitative estimate of drug-likeness (QED) is 0.598. The number of hydrogen-bond donors (Lipinski definition) is 2. The summed E-state index contributed by atoms with van der Waals surface area (Å²) in [5.41, 5.74) is 0. The monoisotopic (exact) mass is 271 g/mol. The molecule has 1 heterocycles. The number of rotatable bonds is 9. The van der Waals surface area contributed by atoms with E-state index in [1.165, 1.54) is 12.8 Å². The van der Waals surface area contributed by atoms with Crippen molar-refractivity contribution in [2.24, 2.45) is 5.92 Å². The Morgan fingerprint density at radius 2 is 2.32 bits per heavy atom. The molecular formula is C14H29N3O2. The number of amides is 1. The van der Waals surface area contributed by atoms with Crippen LogP contribution in [0, 0.1) is 5.92 Å². The van der Waals surface area contributed by atoms with Gasteiger partial charge in [0.2, 0.25) is 5.91 Å². The fourth-order valence-electron chi connectivity index (χ4n) is 2.55. The predicted molar refractivity (Wildman–Crippen MR) is 77.2 cm³/mol. The first-order valence-electron chi connectivity index (χ1n) is 7.45. The second-order valence-electron chi connectivity index (χ2n) is 5.21. The van der Waals surface area contributed by atoms with Gasteiger partial charge in [-0.25, -0.2) is 0 Å². The lowest BCUT2D eigenvalue weighted by molar-refractivity contribution is -0.121. The standard InChI is InChI=1S/C14H29N3O2/c1-3-16-14(18)6-9-17-8-4-5-13(12-17)11-15-7-10-19-2/h13,15H,3-12H2,1-2H3,(H,16,18). The van der Waals surface area contributed by atoms with E-state index in [0.717, 1.165) is 45.9 Å². The second kappa shape index (κ2) is 10.2. The molecule has 0 aliphatic carbocycles. The normalized spacial score (nSPS) is 20.4. The van der Waals surface area contributed by atoms with Gasteiger partial charge in [0, 0.05) is 39.7 Å². The van der Waals surface area contributed by atoms with Crippen LogP contribution < -0.4 is 10.6 Å². The summed E-state index contributed by atoms with van der Waals surface area (Å²) in [4.78, 5) is 13.9. The third kappa shape index (κ3) is 7.50. The highest BCUT2D eigenvalue weighted by Gasteiger charge is 2.19. The summed E-state index contributed by atoms with van der Waals surface area (Å²) in [7, 11) is 1.73. The summed E-state index contributed by atoms with van der Waals surface area (Å²) in [6.07, 6.45) is 3.15. The molecule has 1 rings (SSSR count). The van der Waals surface area contributed by atoms with Gasteiger partial charge in [-0.3, -0.25) is 4.79 Å². The van der Waals surface area contributed by atoms with Crippen LogP contribution in [0.1, 0.15) is 26.2 Å². The van der Waals surface area contributed by atoms with Crippen LogP contribution >= 0.6 is 0 Å². The number of carbonyl (C=O) groups excluding carboxylic acids is 1. The lowest BCUT2D eigenvalue weighted by Gasteiger charge is -2.32. The Morgan fingerprint density at radius 1 is 1.47 bits per heavy atom. The number of methoxy groups -OCH3 is 1. The van der Waals surface area contributed by atoms with Crippen molar-refractivity contribution >= 4 is 5.91 Å². The molecule has 5 nitrogen and oxygen atoms in total. The Labute approximate surface area is 117 Å². The van der Waals surface area contributed by atoms with Crippen LogP contribution in [0.25, 0.3) is 0 Å². The molecule has 1 aliphatic heterocycles. The van der Waals surface area contributed by atoms with Crippen LogP contribution in [0.3, 0.4) is 0 Å². The van der Waals surface area contributed by atoms with Crippen LogP contribution in [0.2, 0.25) is 0 Å². The van der Waals surface area contributed by atoms with E-state index in [0.29, 0.717) is 12.3 Å². The fourth-order valence-corrected chi connectivity index (χ4v) is 2.55. The molecule has 0 saturated carbocycles. The van der Waals surface area contributed by atoms with E-state index < -0.39 is 0 Å². The van der Waals surface area contributed by atoms with Crippen molar-refractivity contribution in [3.63, 3.8) is 0 Å². The highest BCUT2D eigenvalue weighted by molar-refractivity contribution is 5.75. The van der Waals surface area contributed by atoms with Gasteiger partial charge in [-0.1, -0.05) is 0 Å². The van der Waals surface area contributed by atoms with Crippen LogP contribution in [0.4, 0.5) is 0 Å². The smallest absolute Gasteiger partial charge is 0.221 e. The molecule has 1 aliphatic rings. The van der Waals surface area contributed by atoms with Gasteiger partial charge in [0.15, 0.2) is 0 Å². The largest absolute Gasteiger partial charge is 0.383 e. The summed E-state index contributed by atoms with van der Waals surface area (Å²) in [6.45, 7) is 8.57. The van der Waals surface area contributed by atoms with Gasteiger partial charge in [-0.15, -0.1) is 0 Å². The number of ether oxygens (including phenoxy) is 1. The lowest BCUT2D eigenvalue weighted by Crippen LogP contribution is -2.41. The van der Waals surface area contributed by atoms with Gasteiger partial charge < -0.3 is 20.3 Å². The molecule has 0 bridgehead atoms. The molecule has 19 heavy (non-hydrogen) atoms. The molecule has 1 amide bonds. The number of nitrogens with zero attached hydrogens (tertiary/aromatic N) is 1. The molecule has 0 aromatic rings. The van der Waals surface area contributed by atoms with Crippen molar-refractivity contribution in [2.75, 3.05) is 53.0 Å². The van der Waals surface area contributed by atoms with Crippen molar-refractivity contribution in [3.8, 4) is 0 Å². The van der Waals surface area contributed by atoms with Crippen molar-refractivity contribution in [3.05, 3.63) is 0 Å². The Hall–Kier alpha value is -0.650. The van der Waals surface area contributed by atoms with Gasteiger partial charge in [-0.2, -0.15) is 0 Å². The van der Waals surface area contributed by atoms with Crippen LogP contribution in [-0.4, -0.2) is 63.8 Å². The third-order valence-corrected chi connectivity index (χ3v) is 3.55. The van der Waals surface area contributed by atoms with Gasteiger partial charge in [0.25, 0.3) is 0 Å². The van der Waals surface area contributed by atoms with E-state index in [1.807, 2.05) is 6.92 Å². The SMILES string of the molecule is CCNC(=O)CCN1CCCC(CNCCOC)C1. The average Bonchev–Trinajstić information content (AvgIpc) is 2.42. The van der Waals surface area contributed by atoms with Crippen LogP contribution in [0.5, 0.6) is 0 Å². The number of nitrogens with one attached hydrogen (secondary N) is 2. The first-order valence-corrected chi connectivity index (χ1v) is 7.45. The lowest BCUT2D eigenvalue weighted by atomic mass is 9.98. The molecule has 1 fully saturated rings. The first-order chi connectivity index (χ1) is 9.26. The highest BCUT2D eigenvalue weighted by Crippen LogP contribution is 2.15. The Balaban J connectivity index is 2.13. The number of hydrogen-bond acceptors (Lipinski definition) is 4. The van der Waals surface area contributed by atoms with Crippen molar-refractivity contribution in [1.29, 1.82) is 0 Å². The summed E-state index contributed by atoms with van der Waals surface area (Å²) < 4.78 is 5.02. The van der Waals surface area contributed by atoms with E-state index in [2.05, 4.69) is 15.5 Å². The van der Waals surface area contributed by atoms with Crippen LogP contribution in [0.15, 0.2) is 0 Å². The molecular weight excluding hydrogens is 242 g/mol. The third-order valence-electron chi connectivity index (χ3n) is 3.55. The zero-order valence-electron chi connectivity index (χ0n) is 12.4. The molecule has 5 heteroatoms. The maximum atomic E-state index is 11.4. The molecule has 2 N–H and O–H groups in total. The molecule has 0 aromatic carbocycles. The number of carbonyl (C=O) groups is 1. The van der Waals surface area contributed by atoms with Crippen molar-refractivity contribution in [1.82, 2.24) is 15.5 Å². The van der Waals surface area contributed by atoms with E-state index in [-0.39, 0.29) is 5.91 Å². The second-order valence-corrected chi connectivity index (χ2v) is 5.21. The van der Waals surface area contributed by atoms with E-state index in [1.54, 1.807) is 7.11 Å². The summed E-state index contributed by atoms with van der Waals surface area (Å²) >= 11 is 0. The van der Waals surface area contributed by atoms with E-state index in [9.17, 15) is 4.79 Å². The maximum Gasteiger partial charge on any atom is 0.221 e. The first kappa shape index (κ1) is 16.4. The summed E-state index contributed by atoms with van der Waals surface area (Å²) in [5.74, 6) is 0.877. The van der Waals surface area contributed by atoms with Gasteiger partial charge in [0.05, 0.1) is 6.61 Å². The van der Waals surface area contributed by atoms with E-state index in [4.69, 9.17) is 4.74 Å². The molecule has 0 aromatic heterocycles. The molecule has 0 radical (unpaired) electrons. The predicted octanol–water partition coefficient (Wildman–Crippen LogP) is 0.461. The topological polar surface area (TPSA) is 53.6 Å². The zero-order valence-corrected chi connectivity index (χ0v) is 12.4. The summed E-state index contributed by atoms with van der Waals surface area (Å²) in [5, 5.41) is 6.28. The molecule has 1 saturated heterocycles. The van der Waals surface area contributed by atoms with Gasteiger partial charge in [0.1, 0.15) is 0 Å². The fraction of sp³-hybridized carbons (Fsp3) is 0.929. The molecule has 0 spiro atoms. The highest BCUT2D eigenvalue weighted by atomic mass is 16.5. The minimum absolute atomic E-state index is 0.169. The Bertz CT molecular complexity index is 249. The summed E-state index contributed by atoms with van der Waals surface area (Å²) in [6, 6.07) is 0. The minimum atomic E-state index is 0.169. The zero-order chi connectivity index (χ0) is 13.9. The number of piperidine rings is 1. The molecule has 1 atom stereocenters. The average molecular weight is 271 g/mol. The van der Waals surface area contributed by atoms with Crippen molar-refractivity contribution < 1.29 is 9.53 Å².